The molecule has 0 saturated heterocycles. The Labute approximate surface area is 116 Å². The molecule has 0 unspecified atom stereocenters. The Balaban J connectivity index is 2.43. The van der Waals surface area contributed by atoms with Gasteiger partial charge in [0.25, 0.3) is 0 Å². The minimum absolute atomic E-state index is 0.216. The molecule has 1 saturated carbocycles. The molecule has 1 N–H and O–H groups in total. The SMILES string of the molecule is CC(C)(C)OC(=O)C(C)(C)OC[C@H]1CCC[C@@H](O)C1. The van der Waals surface area contributed by atoms with Crippen LogP contribution in [0.1, 0.15) is 60.3 Å². The van der Waals surface area contributed by atoms with Crippen LogP contribution in [0.2, 0.25) is 0 Å². The quantitative estimate of drug-likeness (QED) is 0.799. The molecule has 0 aromatic carbocycles. The minimum atomic E-state index is -0.935. The molecular formula is C15H28O4. The lowest BCUT2D eigenvalue weighted by molar-refractivity contribution is -0.181. The van der Waals surface area contributed by atoms with Gasteiger partial charge in [-0.05, 0) is 59.8 Å². The highest BCUT2D eigenvalue weighted by Crippen LogP contribution is 2.26. The van der Waals surface area contributed by atoms with Crippen molar-refractivity contribution in [3.63, 3.8) is 0 Å². The van der Waals surface area contributed by atoms with E-state index in [1.807, 2.05) is 20.8 Å². The van der Waals surface area contributed by atoms with Crippen LogP contribution in [0, 0.1) is 5.92 Å². The number of aliphatic hydroxyl groups is 1. The van der Waals surface area contributed by atoms with Crippen molar-refractivity contribution >= 4 is 5.97 Å². The summed E-state index contributed by atoms with van der Waals surface area (Å²) in [5, 5.41) is 9.62. The van der Waals surface area contributed by atoms with Gasteiger partial charge < -0.3 is 14.6 Å². The zero-order valence-corrected chi connectivity index (χ0v) is 12.9. The van der Waals surface area contributed by atoms with E-state index in [2.05, 4.69) is 0 Å². The van der Waals surface area contributed by atoms with Gasteiger partial charge in [-0.2, -0.15) is 0 Å². The Kier molecular flexibility index (Phi) is 5.39. The van der Waals surface area contributed by atoms with E-state index >= 15 is 0 Å². The highest BCUT2D eigenvalue weighted by molar-refractivity contribution is 5.78. The fourth-order valence-corrected chi connectivity index (χ4v) is 2.20. The van der Waals surface area contributed by atoms with Gasteiger partial charge in [0.15, 0.2) is 5.60 Å². The summed E-state index contributed by atoms with van der Waals surface area (Å²) >= 11 is 0. The molecule has 0 bridgehead atoms. The van der Waals surface area contributed by atoms with Crippen molar-refractivity contribution in [3.8, 4) is 0 Å². The van der Waals surface area contributed by atoms with E-state index in [0.29, 0.717) is 12.5 Å². The first-order valence-electron chi connectivity index (χ1n) is 7.15. The largest absolute Gasteiger partial charge is 0.458 e. The van der Waals surface area contributed by atoms with Crippen molar-refractivity contribution < 1.29 is 19.4 Å². The summed E-state index contributed by atoms with van der Waals surface area (Å²) in [5.74, 6) is 0.00168. The second kappa shape index (κ2) is 6.23. The second-order valence-electron chi connectivity index (χ2n) is 7.01. The van der Waals surface area contributed by atoms with Crippen molar-refractivity contribution in [3.05, 3.63) is 0 Å². The van der Waals surface area contributed by atoms with Gasteiger partial charge in [-0.15, -0.1) is 0 Å². The van der Waals surface area contributed by atoms with Crippen LogP contribution < -0.4 is 0 Å². The Morgan fingerprint density at radius 3 is 2.37 bits per heavy atom. The molecule has 2 atom stereocenters. The van der Waals surface area contributed by atoms with Crippen LogP contribution >= 0.6 is 0 Å². The van der Waals surface area contributed by atoms with Crippen LogP contribution in [0.15, 0.2) is 0 Å². The first-order valence-corrected chi connectivity index (χ1v) is 7.15. The summed E-state index contributed by atoms with van der Waals surface area (Å²) in [5.41, 5.74) is -1.44. The minimum Gasteiger partial charge on any atom is -0.458 e. The maximum absolute atomic E-state index is 12.0. The van der Waals surface area contributed by atoms with E-state index < -0.39 is 11.2 Å². The summed E-state index contributed by atoms with van der Waals surface area (Å²) in [4.78, 5) is 12.0. The lowest BCUT2D eigenvalue weighted by atomic mass is 9.88. The molecule has 4 heteroatoms. The van der Waals surface area contributed by atoms with E-state index in [1.165, 1.54) is 0 Å². The third-order valence-electron chi connectivity index (χ3n) is 3.33. The summed E-state index contributed by atoms with van der Waals surface area (Å²) in [7, 11) is 0. The van der Waals surface area contributed by atoms with Crippen molar-refractivity contribution in [1.82, 2.24) is 0 Å². The highest BCUT2D eigenvalue weighted by atomic mass is 16.6. The van der Waals surface area contributed by atoms with Crippen LogP contribution in [0.3, 0.4) is 0 Å². The molecule has 1 rings (SSSR count). The van der Waals surface area contributed by atoms with Crippen molar-refractivity contribution in [1.29, 1.82) is 0 Å². The van der Waals surface area contributed by atoms with Gasteiger partial charge in [-0.1, -0.05) is 6.42 Å². The second-order valence-corrected chi connectivity index (χ2v) is 7.01. The average molecular weight is 272 g/mol. The zero-order chi connectivity index (χ0) is 14.7. The fourth-order valence-electron chi connectivity index (χ4n) is 2.20. The monoisotopic (exact) mass is 272 g/mol. The zero-order valence-electron chi connectivity index (χ0n) is 12.9. The number of hydrogen-bond acceptors (Lipinski definition) is 4. The van der Waals surface area contributed by atoms with Crippen molar-refractivity contribution in [2.75, 3.05) is 6.61 Å². The third-order valence-corrected chi connectivity index (χ3v) is 3.33. The molecule has 0 aromatic heterocycles. The number of carbonyl (C=O) groups excluding carboxylic acids is 1. The van der Waals surface area contributed by atoms with Crippen LogP contribution in [-0.2, 0) is 14.3 Å². The first kappa shape index (κ1) is 16.4. The molecule has 19 heavy (non-hydrogen) atoms. The molecule has 112 valence electrons. The molecule has 4 nitrogen and oxygen atoms in total. The molecule has 0 aromatic rings. The van der Waals surface area contributed by atoms with Crippen LogP contribution in [-0.4, -0.2) is 35.0 Å². The number of ether oxygens (including phenoxy) is 2. The number of esters is 1. The van der Waals surface area contributed by atoms with Gasteiger partial charge in [0.1, 0.15) is 5.60 Å². The van der Waals surface area contributed by atoms with E-state index in [9.17, 15) is 9.90 Å². The molecule has 1 aliphatic carbocycles. The van der Waals surface area contributed by atoms with Gasteiger partial charge in [-0.3, -0.25) is 0 Å². The maximum atomic E-state index is 12.0. The van der Waals surface area contributed by atoms with E-state index in [0.717, 1.165) is 25.7 Å². The van der Waals surface area contributed by atoms with Crippen LogP contribution in [0.4, 0.5) is 0 Å². The van der Waals surface area contributed by atoms with Gasteiger partial charge >= 0.3 is 5.97 Å². The Morgan fingerprint density at radius 1 is 1.21 bits per heavy atom. The molecule has 0 amide bonds. The van der Waals surface area contributed by atoms with Crippen molar-refractivity contribution in [2.45, 2.75) is 77.6 Å². The number of rotatable bonds is 4. The Morgan fingerprint density at radius 2 is 1.84 bits per heavy atom. The molecule has 0 radical (unpaired) electrons. The number of aliphatic hydroxyl groups excluding tert-OH is 1. The standard InChI is InChI=1S/C15H28O4/c1-14(2,3)19-13(17)15(4,5)18-10-11-7-6-8-12(16)9-11/h11-12,16H,6-10H2,1-5H3/t11-,12+/m0/s1. The summed E-state index contributed by atoms with van der Waals surface area (Å²) < 4.78 is 11.1. The predicted molar refractivity (Wildman–Crippen MR) is 73.8 cm³/mol. The van der Waals surface area contributed by atoms with Gasteiger partial charge in [-0.25, -0.2) is 4.79 Å². The number of hydrogen-bond donors (Lipinski definition) is 1. The summed E-state index contributed by atoms with van der Waals surface area (Å²) in [6.07, 6.45) is 3.52. The van der Waals surface area contributed by atoms with Gasteiger partial charge in [0.2, 0.25) is 0 Å². The molecular weight excluding hydrogens is 244 g/mol. The molecule has 1 fully saturated rings. The lowest BCUT2D eigenvalue weighted by Gasteiger charge is -2.31. The van der Waals surface area contributed by atoms with Crippen LogP contribution in [0.25, 0.3) is 0 Å². The summed E-state index contributed by atoms with van der Waals surface area (Å²) in [6.45, 7) is 9.51. The van der Waals surface area contributed by atoms with E-state index in [4.69, 9.17) is 9.47 Å². The summed E-state index contributed by atoms with van der Waals surface area (Å²) in [6, 6.07) is 0. The Hall–Kier alpha value is -0.610. The molecule has 0 heterocycles. The van der Waals surface area contributed by atoms with Crippen molar-refractivity contribution in [2.24, 2.45) is 5.92 Å². The lowest BCUT2D eigenvalue weighted by Crippen LogP contribution is -2.42. The normalized spacial score (nSPS) is 25.2. The predicted octanol–water partition coefficient (Wildman–Crippen LogP) is 2.67. The molecule has 0 aliphatic heterocycles. The van der Waals surface area contributed by atoms with Gasteiger partial charge in [0.05, 0.1) is 12.7 Å². The molecule has 1 aliphatic rings. The number of carbonyl (C=O) groups is 1. The van der Waals surface area contributed by atoms with Gasteiger partial charge in [0, 0.05) is 0 Å². The highest BCUT2D eigenvalue weighted by Gasteiger charge is 2.34. The van der Waals surface area contributed by atoms with E-state index in [1.54, 1.807) is 13.8 Å². The first-order chi connectivity index (χ1) is 8.60. The van der Waals surface area contributed by atoms with Crippen LogP contribution in [0.5, 0.6) is 0 Å². The molecule has 0 spiro atoms. The average Bonchev–Trinajstić information content (AvgIpc) is 2.24. The topological polar surface area (TPSA) is 55.8 Å². The maximum Gasteiger partial charge on any atom is 0.338 e. The third kappa shape index (κ3) is 5.91. The smallest absolute Gasteiger partial charge is 0.338 e. The fraction of sp³-hybridized carbons (Fsp3) is 0.933. The van der Waals surface area contributed by atoms with E-state index in [-0.39, 0.29) is 12.1 Å². The Bertz CT molecular complexity index is 304.